The fourth-order valence-corrected chi connectivity index (χ4v) is 9.50. The van der Waals surface area contributed by atoms with E-state index < -0.39 is 5.97 Å². The number of aliphatic hydroxyl groups excluding tert-OH is 1. The Morgan fingerprint density at radius 1 is 1.12 bits per heavy atom. The Morgan fingerprint density at radius 2 is 1.82 bits per heavy atom. The summed E-state index contributed by atoms with van der Waals surface area (Å²) in [5.41, 5.74) is 3.13. The first-order chi connectivity index (χ1) is 15.3. The van der Waals surface area contributed by atoms with Crippen LogP contribution in [0.5, 0.6) is 0 Å². The van der Waals surface area contributed by atoms with E-state index in [9.17, 15) is 9.90 Å². The summed E-state index contributed by atoms with van der Waals surface area (Å²) in [6, 6.07) is 0. The number of hydrogen-bond acceptors (Lipinski definition) is 2. The van der Waals surface area contributed by atoms with Crippen molar-refractivity contribution in [1.82, 2.24) is 0 Å². The van der Waals surface area contributed by atoms with Gasteiger partial charge in [0.25, 0.3) is 0 Å². The molecule has 4 rings (SSSR count). The van der Waals surface area contributed by atoms with Gasteiger partial charge in [-0.25, -0.2) is 4.79 Å². The Balaban J connectivity index is 1.58. The molecule has 33 heavy (non-hydrogen) atoms. The number of rotatable bonds is 5. The van der Waals surface area contributed by atoms with Gasteiger partial charge >= 0.3 is 5.97 Å². The third kappa shape index (κ3) is 3.58. The fourth-order valence-electron chi connectivity index (χ4n) is 9.50. The number of aliphatic hydroxyl groups is 1. The molecule has 0 spiro atoms. The van der Waals surface area contributed by atoms with Gasteiger partial charge in [-0.15, -0.1) is 0 Å². The molecule has 0 aliphatic heterocycles. The van der Waals surface area contributed by atoms with Crippen LogP contribution in [0.15, 0.2) is 23.3 Å². The maximum atomic E-state index is 11.1. The average Bonchev–Trinajstić information content (AvgIpc) is 3.02. The van der Waals surface area contributed by atoms with Crippen LogP contribution >= 0.6 is 0 Å². The lowest BCUT2D eigenvalue weighted by Gasteiger charge is -2.64. The maximum Gasteiger partial charge on any atom is 0.330 e. The van der Waals surface area contributed by atoms with E-state index in [1.807, 2.05) is 6.08 Å². The molecule has 3 saturated carbocycles. The summed E-state index contributed by atoms with van der Waals surface area (Å²) in [6.07, 6.45) is 14.7. The molecule has 186 valence electrons. The Labute approximate surface area is 202 Å². The first-order valence-electron chi connectivity index (χ1n) is 13.6. The van der Waals surface area contributed by atoms with Crippen LogP contribution in [0.4, 0.5) is 0 Å². The minimum absolute atomic E-state index is 0.00892. The first kappa shape index (κ1) is 25.0. The highest BCUT2D eigenvalue weighted by Gasteiger charge is 2.65. The standard InChI is InChI=1S/C30H48O3/c1-19(9-8-10-20(2)26(32)33)21-13-17-30(7)23-11-12-24-27(3,4)25(31)15-16-28(24,5)22(23)14-18-29(21,30)6/h10-11,19,21-22,24-25,31H,8-9,12-18H2,1-7H3,(H,32,33)/b20-10+/t19-,21-,22+,24+,25-,28-,29-,30+/m1/s1. The fraction of sp³-hybridized carbons (Fsp3) is 0.833. The van der Waals surface area contributed by atoms with E-state index in [1.54, 1.807) is 12.5 Å². The minimum atomic E-state index is -0.796. The number of fused-ring (bicyclic) bond motifs is 5. The zero-order valence-electron chi connectivity index (χ0n) is 22.2. The van der Waals surface area contributed by atoms with Crippen molar-refractivity contribution >= 4 is 5.97 Å². The van der Waals surface area contributed by atoms with Gasteiger partial charge in [0.05, 0.1) is 6.10 Å². The molecule has 4 aliphatic rings. The third-order valence-electron chi connectivity index (χ3n) is 12.0. The minimum Gasteiger partial charge on any atom is -0.478 e. The molecule has 0 saturated heterocycles. The molecule has 0 unspecified atom stereocenters. The number of aliphatic carboxylic acids is 1. The summed E-state index contributed by atoms with van der Waals surface area (Å²) < 4.78 is 0. The van der Waals surface area contributed by atoms with E-state index in [4.69, 9.17) is 5.11 Å². The second-order valence-electron chi connectivity index (χ2n) is 13.6. The highest BCUT2D eigenvalue weighted by atomic mass is 16.4. The normalized spacial score (nSPS) is 45.5. The number of carbonyl (C=O) groups is 1. The molecule has 0 heterocycles. The quantitative estimate of drug-likeness (QED) is 0.335. The zero-order chi connectivity index (χ0) is 24.4. The van der Waals surface area contributed by atoms with Gasteiger partial charge in [-0.05, 0) is 110 Å². The van der Waals surface area contributed by atoms with Crippen LogP contribution in [0, 0.1) is 45.3 Å². The molecule has 2 N–H and O–H groups in total. The summed E-state index contributed by atoms with van der Waals surface area (Å²) in [6.45, 7) is 16.5. The molecule has 8 atom stereocenters. The topological polar surface area (TPSA) is 57.5 Å². The SMILES string of the molecule is C/C(=C\CC[C@@H](C)[C@H]1CC[C@@]2(C)C3=CC[C@H]4C(C)(C)[C@H](O)CC[C@]4(C)[C@H]3CC[C@]12C)C(=O)O. The van der Waals surface area contributed by atoms with Crippen LogP contribution in [-0.4, -0.2) is 22.3 Å². The van der Waals surface area contributed by atoms with Gasteiger partial charge in [0.15, 0.2) is 0 Å². The van der Waals surface area contributed by atoms with Crippen molar-refractivity contribution in [3.8, 4) is 0 Å². The molecule has 0 bridgehead atoms. The van der Waals surface area contributed by atoms with Gasteiger partial charge < -0.3 is 10.2 Å². The number of allylic oxidation sites excluding steroid dienone is 3. The number of carboxylic acid groups (broad SMARTS) is 1. The molecule has 0 aromatic carbocycles. The molecular weight excluding hydrogens is 408 g/mol. The average molecular weight is 457 g/mol. The second kappa shape index (κ2) is 8.25. The summed E-state index contributed by atoms with van der Waals surface area (Å²) in [7, 11) is 0. The van der Waals surface area contributed by atoms with Crippen molar-refractivity contribution in [3.63, 3.8) is 0 Å². The van der Waals surface area contributed by atoms with Gasteiger partial charge in [0.2, 0.25) is 0 Å². The smallest absolute Gasteiger partial charge is 0.330 e. The molecule has 4 aliphatic carbocycles. The van der Waals surface area contributed by atoms with Crippen LogP contribution in [0.25, 0.3) is 0 Å². The number of hydrogen-bond donors (Lipinski definition) is 2. The lowest BCUT2D eigenvalue weighted by Crippen LogP contribution is -2.58. The summed E-state index contributed by atoms with van der Waals surface area (Å²) in [5.74, 6) is 1.75. The number of carboxylic acids is 1. The largest absolute Gasteiger partial charge is 0.478 e. The Morgan fingerprint density at radius 3 is 2.48 bits per heavy atom. The molecule has 0 aromatic heterocycles. The van der Waals surface area contributed by atoms with Gasteiger partial charge in [0.1, 0.15) is 0 Å². The predicted octanol–water partition coefficient (Wildman–Crippen LogP) is 7.40. The Kier molecular flexibility index (Phi) is 6.25. The van der Waals surface area contributed by atoms with Crippen molar-refractivity contribution in [1.29, 1.82) is 0 Å². The van der Waals surface area contributed by atoms with Crippen molar-refractivity contribution < 1.29 is 15.0 Å². The van der Waals surface area contributed by atoms with E-state index in [0.29, 0.717) is 40.1 Å². The zero-order valence-corrected chi connectivity index (χ0v) is 22.2. The predicted molar refractivity (Wildman–Crippen MR) is 135 cm³/mol. The van der Waals surface area contributed by atoms with E-state index >= 15 is 0 Å². The van der Waals surface area contributed by atoms with Crippen molar-refractivity contribution in [2.75, 3.05) is 0 Å². The Hall–Kier alpha value is -1.09. The van der Waals surface area contributed by atoms with E-state index in [-0.39, 0.29) is 16.9 Å². The van der Waals surface area contributed by atoms with Gasteiger partial charge in [0, 0.05) is 5.57 Å². The monoisotopic (exact) mass is 456 g/mol. The lowest BCUT2D eigenvalue weighted by molar-refractivity contribution is -0.132. The highest BCUT2D eigenvalue weighted by Crippen LogP contribution is 2.73. The highest BCUT2D eigenvalue weighted by molar-refractivity contribution is 5.85. The second-order valence-corrected chi connectivity index (χ2v) is 13.6. The molecule has 3 nitrogen and oxygen atoms in total. The molecule has 0 radical (unpaired) electrons. The van der Waals surface area contributed by atoms with Gasteiger partial charge in [-0.3, -0.25) is 0 Å². The molecule has 3 fully saturated rings. The van der Waals surface area contributed by atoms with Crippen LogP contribution in [0.1, 0.15) is 106 Å². The Bertz CT molecular complexity index is 853. The van der Waals surface area contributed by atoms with Crippen molar-refractivity contribution in [2.24, 2.45) is 45.3 Å². The van der Waals surface area contributed by atoms with E-state index in [1.165, 1.54) is 25.7 Å². The van der Waals surface area contributed by atoms with E-state index in [2.05, 4.69) is 47.6 Å². The van der Waals surface area contributed by atoms with Crippen LogP contribution in [0.3, 0.4) is 0 Å². The van der Waals surface area contributed by atoms with Crippen LogP contribution in [-0.2, 0) is 4.79 Å². The first-order valence-corrected chi connectivity index (χ1v) is 13.6. The summed E-state index contributed by atoms with van der Waals surface area (Å²) in [4.78, 5) is 11.1. The summed E-state index contributed by atoms with van der Waals surface area (Å²) in [5, 5.41) is 20.0. The van der Waals surface area contributed by atoms with Crippen LogP contribution < -0.4 is 0 Å². The van der Waals surface area contributed by atoms with E-state index in [0.717, 1.165) is 32.1 Å². The van der Waals surface area contributed by atoms with Crippen LogP contribution in [0.2, 0.25) is 0 Å². The van der Waals surface area contributed by atoms with Gasteiger partial charge in [-0.2, -0.15) is 0 Å². The molecule has 0 aromatic rings. The lowest BCUT2D eigenvalue weighted by atomic mass is 9.41. The maximum absolute atomic E-state index is 11.1. The molecule has 0 amide bonds. The van der Waals surface area contributed by atoms with Crippen molar-refractivity contribution in [3.05, 3.63) is 23.3 Å². The molecular formula is C30H48O3. The van der Waals surface area contributed by atoms with Crippen molar-refractivity contribution in [2.45, 2.75) is 112 Å². The van der Waals surface area contributed by atoms with Gasteiger partial charge in [-0.1, -0.05) is 59.3 Å². The molecule has 3 heteroatoms. The third-order valence-corrected chi connectivity index (χ3v) is 12.0. The summed E-state index contributed by atoms with van der Waals surface area (Å²) >= 11 is 0.